The molecule has 1 saturated heterocycles. The van der Waals surface area contributed by atoms with Crippen molar-refractivity contribution in [3.05, 3.63) is 10.5 Å². The second kappa shape index (κ2) is 7.03. The van der Waals surface area contributed by atoms with Crippen molar-refractivity contribution >= 4 is 17.0 Å². The smallest absolute Gasteiger partial charge is 0.327 e. The van der Waals surface area contributed by atoms with E-state index in [1.807, 2.05) is 0 Å². The largest absolute Gasteiger partial charge is 0.463 e. The molecule has 136 valence electrons. The summed E-state index contributed by atoms with van der Waals surface area (Å²) in [7, 11) is 0. The van der Waals surface area contributed by atoms with Gasteiger partial charge < -0.3 is 20.2 Å². The fourth-order valence-electron chi connectivity index (χ4n) is 3.37. The molecule has 2 fully saturated rings. The Kier molecular flexibility index (Phi) is 4.61. The summed E-state index contributed by atoms with van der Waals surface area (Å²) in [6.45, 7) is 2.82. The predicted molar refractivity (Wildman–Crippen MR) is 93.6 cm³/mol. The molecule has 2 aromatic rings. The number of nitrogens with one attached hydrogen (secondary N) is 1. The minimum atomic E-state index is -0.196. The van der Waals surface area contributed by atoms with Gasteiger partial charge >= 0.3 is 11.7 Å². The number of nitrogens with two attached hydrogens (primary N) is 1. The molecule has 0 unspecified atom stereocenters. The van der Waals surface area contributed by atoms with Crippen molar-refractivity contribution in [2.75, 3.05) is 25.6 Å². The van der Waals surface area contributed by atoms with Crippen LogP contribution in [0.25, 0.3) is 11.2 Å². The van der Waals surface area contributed by atoms with E-state index in [4.69, 9.17) is 15.2 Å². The van der Waals surface area contributed by atoms with Gasteiger partial charge in [-0.15, -0.1) is 0 Å². The van der Waals surface area contributed by atoms with Crippen molar-refractivity contribution < 1.29 is 9.47 Å². The van der Waals surface area contributed by atoms with Crippen LogP contribution in [0, 0.1) is 11.8 Å². The molecule has 3 N–H and O–H groups in total. The van der Waals surface area contributed by atoms with Crippen LogP contribution < -0.4 is 16.2 Å². The molecule has 1 aliphatic carbocycles. The monoisotopic (exact) mass is 347 g/mol. The van der Waals surface area contributed by atoms with Gasteiger partial charge in [0, 0.05) is 19.8 Å². The molecule has 0 amide bonds. The number of rotatable bonds is 7. The number of H-pyrrole nitrogens is 1. The molecule has 1 saturated carbocycles. The zero-order valence-electron chi connectivity index (χ0n) is 14.4. The normalized spacial score (nSPS) is 18.7. The Morgan fingerprint density at radius 3 is 2.68 bits per heavy atom. The van der Waals surface area contributed by atoms with Crippen LogP contribution in [-0.2, 0) is 11.3 Å². The molecule has 0 aromatic carbocycles. The Labute approximate surface area is 145 Å². The van der Waals surface area contributed by atoms with E-state index in [-0.39, 0.29) is 17.5 Å². The van der Waals surface area contributed by atoms with Gasteiger partial charge in [0.05, 0.1) is 6.61 Å². The first kappa shape index (κ1) is 16.4. The van der Waals surface area contributed by atoms with Crippen molar-refractivity contribution in [1.29, 1.82) is 0 Å². The van der Waals surface area contributed by atoms with E-state index in [0.29, 0.717) is 30.2 Å². The minimum Gasteiger partial charge on any atom is -0.463 e. The highest BCUT2D eigenvalue weighted by Gasteiger charge is 2.21. The predicted octanol–water partition coefficient (Wildman–Crippen LogP) is 1.70. The van der Waals surface area contributed by atoms with Crippen LogP contribution in [-0.4, -0.2) is 39.3 Å². The van der Waals surface area contributed by atoms with Crippen molar-refractivity contribution in [3.8, 4) is 6.01 Å². The van der Waals surface area contributed by atoms with Crippen molar-refractivity contribution in [1.82, 2.24) is 19.5 Å². The number of hydrogen-bond donors (Lipinski definition) is 2. The summed E-state index contributed by atoms with van der Waals surface area (Å²) in [5.74, 6) is 1.62. The van der Waals surface area contributed by atoms with E-state index >= 15 is 0 Å². The molecule has 0 radical (unpaired) electrons. The zero-order valence-corrected chi connectivity index (χ0v) is 14.4. The average Bonchev–Trinajstić information content (AvgIpc) is 3.37. The third kappa shape index (κ3) is 3.78. The highest BCUT2D eigenvalue weighted by molar-refractivity contribution is 5.81. The van der Waals surface area contributed by atoms with Crippen LogP contribution >= 0.6 is 0 Å². The number of aromatic nitrogens is 4. The van der Waals surface area contributed by atoms with Gasteiger partial charge in [0.1, 0.15) is 5.52 Å². The molecule has 0 spiro atoms. The van der Waals surface area contributed by atoms with Gasteiger partial charge in [-0.25, -0.2) is 4.79 Å². The number of hydrogen-bond acceptors (Lipinski definition) is 6. The number of nitrogen functional groups attached to an aromatic ring is 1. The van der Waals surface area contributed by atoms with Crippen LogP contribution in [0.3, 0.4) is 0 Å². The summed E-state index contributed by atoms with van der Waals surface area (Å²) in [5.41, 5.74) is 6.82. The van der Waals surface area contributed by atoms with Crippen LogP contribution in [0.1, 0.15) is 38.5 Å². The van der Waals surface area contributed by atoms with Gasteiger partial charge in [-0.1, -0.05) is 12.8 Å². The Hall–Kier alpha value is -2.09. The molecule has 2 aromatic heterocycles. The van der Waals surface area contributed by atoms with E-state index in [1.54, 1.807) is 4.57 Å². The Bertz CT molecular complexity index is 789. The molecule has 0 bridgehead atoms. The lowest BCUT2D eigenvalue weighted by molar-refractivity contribution is 0.0626. The van der Waals surface area contributed by atoms with E-state index in [9.17, 15) is 4.79 Å². The summed E-state index contributed by atoms with van der Waals surface area (Å²) in [5, 5.41) is 0. The maximum Gasteiger partial charge on any atom is 0.327 e. The summed E-state index contributed by atoms with van der Waals surface area (Å²) >= 11 is 0. The number of anilines is 1. The molecule has 1 aliphatic heterocycles. The van der Waals surface area contributed by atoms with Crippen molar-refractivity contribution in [2.45, 2.75) is 45.1 Å². The highest BCUT2D eigenvalue weighted by Crippen LogP contribution is 2.32. The standard InChI is InChI=1S/C17H25N5O3/c18-14-13-15(21-16(20-14)25-10-6-11-1-2-11)22(17(23)19-13)7-3-12-4-8-24-9-5-12/h11-12H,1-10H2,(H,19,23)(H2,18,20,21). The van der Waals surface area contributed by atoms with E-state index in [1.165, 1.54) is 12.8 Å². The van der Waals surface area contributed by atoms with Crippen LogP contribution in [0.2, 0.25) is 0 Å². The second-order valence-electron chi connectivity index (χ2n) is 7.10. The fourth-order valence-corrected chi connectivity index (χ4v) is 3.37. The molecular formula is C17H25N5O3. The average molecular weight is 347 g/mol. The van der Waals surface area contributed by atoms with Crippen LogP contribution in [0.5, 0.6) is 6.01 Å². The molecule has 2 aliphatic rings. The lowest BCUT2D eigenvalue weighted by Crippen LogP contribution is -2.22. The molecular weight excluding hydrogens is 322 g/mol. The lowest BCUT2D eigenvalue weighted by atomic mass is 9.97. The number of ether oxygens (including phenoxy) is 2. The van der Waals surface area contributed by atoms with E-state index < -0.39 is 0 Å². The topological polar surface area (TPSA) is 108 Å². The number of aromatic amines is 1. The Morgan fingerprint density at radius 1 is 1.16 bits per heavy atom. The Morgan fingerprint density at radius 2 is 1.92 bits per heavy atom. The summed E-state index contributed by atoms with van der Waals surface area (Å²) in [6.07, 6.45) is 6.61. The van der Waals surface area contributed by atoms with Gasteiger partial charge in [0.2, 0.25) is 0 Å². The van der Waals surface area contributed by atoms with Gasteiger partial charge in [-0.05, 0) is 37.5 Å². The SMILES string of the molecule is Nc1nc(OCCC2CC2)nc2c1[nH]c(=O)n2CCC1CCOCC1. The fraction of sp³-hybridized carbons (Fsp3) is 0.706. The van der Waals surface area contributed by atoms with Gasteiger partial charge in [-0.2, -0.15) is 9.97 Å². The maximum atomic E-state index is 12.3. The molecule has 3 heterocycles. The first-order valence-corrected chi connectivity index (χ1v) is 9.17. The highest BCUT2D eigenvalue weighted by atomic mass is 16.5. The Balaban J connectivity index is 1.51. The second-order valence-corrected chi connectivity index (χ2v) is 7.10. The third-order valence-electron chi connectivity index (χ3n) is 5.19. The number of nitrogens with zero attached hydrogens (tertiary/aromatic N) is 3. The first-order valence-electron chi connectivity index (χ1n) is 9.17. The number of fused-ring (bicyclic) bond motifs is 1. The van der Waals surface area contributed by atoms with Crippen molar-refractivity contribution in [3.63, 3.8) is 0 Å². The molecule has 0 atom stereocenters. The quantitative estimate of drug-likeness (QED) is 0.789. The van der Waals surface area contributed by atoms with Gasteiger partial charge in [0.15, 0.2) is 11.5 Å². The zero-order chi connectivity index (χ0) is 17.2. The van der Waals surface area contributed by atoms with E-state index in [2.05, 4.69) is 15.0 Å². The van der Waals surface area contributed by atoms with Crippen molar-refractivity contribution in [2.24, 2.45) is 11.8 Å². The van der Waals surface area contributed by atoms with Crippen LogP contribution in [0.4, 0.5) is 5.82 Å². The summed E-state index contributed by atoms with van der Waals surface area (Å²) in [4.78, 5) is 23.7. The first-order chi connectivity index (χ1) is 12.2. The van der Waals surface area contributed by atoms with E-state index in [0.717, 1.165) is 44.8 Å². The van der Waals surface area contributed by atoms with Gasteiger partial charge in [-0.3, -0.25) is 4.57 Å². The van der Waals surface area contributed by atoms with Crippen LogP contribution in [0.15, 0.2) is 4.79 Å². The summed E-state index contributed by atoms with van der Waals surface area (Å²) < 4.78 is 12.7. The summed E-state index contributed by atoms with van der Waals surface area (Å²) in [6, 6.07) is 0.254. The molecule has 8 heteroatoms. The maximum absolute atomic E-state index is 12.3. The molecule has 25 heavy (non-hydrogen) atoms. The van der Waals surface area contributed by atoms with Gasteiger partial charge in [0.25, 0.3) is 0 Å². The third-order valence-corrected chi connectivity index (χ3v) is 5.19. The molecule has 4 rings (SSSR count). The molecule has 8 nitrogen and oxygen atoms in total. The number of imidazole rings is 1. The minimum absolute atomic E-state index is 0.196. The number of aryl methyl sites for hydroxylation is 1. The lowest BCUT2D eigenvalue weighted by Gasteiger charge is -2.21.